The second-order valence-corrected chi connectivity index (χ2v) is 4.74. The van der Waals surface area contributed by atoms with Gasteiger partial charge >= 0.3 is 0 Å². The zero-order valence-corrected chi connectivity index (χ0v) is 9.35. The Morgan fingerprint density at radius 1 is 1.10 bits per heavy atom. The molecule has 0 rings (SSSR count). The van der Waals surface area contributed by atoms with Gasteiger partial charge in [-0.3, -0.25) is 0 Å². The fourth-order valence-electron chi connectivity index (χ4n) is 0.764. The van der Waals surface area contributed by atoms with Gasteiger partial charge < -0.3 is 0 Å². The second kappa shape index (κ2) is 7.07. The number of hydrogen-bond donors (Lipinski definition) is 4. The first-order valence-corrected chi connectivity index (χ1v) is 5.58. The first-order chi connectivity index (χ1) is 4.70. The molecule has 0 aromatic heterocycles. The molecule has 0 amide bonds. The van der Waals surface area contributed by atoms with Crippen LogP contribution in [0.4, 0.5) is 0 Å². The van der Waals surface area contributed by atoms with Crippen molar-refractivity contribution in [1.82, 2.24) is 0 Å². The van der Waals surface area contributed by atoms with Gasteiger partial charge in [0, 0.05) is 4.58 Å². The molecule has 0 heterocycles. The summed E-state index contributed by atoms with van der Waals surface area (Å²) in [6.07, 6.45) is 2.14. The maximum Gasteiger partial charge on any atom is 0.0445 e. The maximum atomic E-state index is 4.22. The standard InChI is InChI=1S/C6H14S4/c7-2-1-5(4-8)3-6(9)10/h5-10H,1-4H2. The molecule has 0 saturated heterocycles. The minimum atomic E-state index is 0.192. The fraction of sp³-hybridized carbons (Fsp3) is 1.00. The van der Waals surface area contributed by atoms with E-state index in [-0.39, 0.29) is 4.58 Å². The van der Waals surface area contributed by atoms with Crippen LogP contribution in [0.2, 0.25) is 0 Å². The van der Waals surface area contributed by atoms with E-state index < -0.39 is 0 Å². The van der Waals surface area contributed by atoms with Gasteiger partial charge in [-0.1, -0.05) is 0 Å². The largest absolute Gasteiger partial charge is 0.179 e. The normalized spacial score (nSPS) is 14.1. The van der Waals surface area contributed by atoms with E-state index in [1.165, 1.54) is 0 Å². The van der Waals surface area contributed by atoms with E-state index in [1.807, 2.05) is 0 Å². The zero-order chi connectivity index (χ0) is 7.98. The number of rotatable bonds is 5. The minimum Gasteiger partial charge on any atom is -0.179 e. The molecule has 0 aliphatic carbocycles. The molecule has 0 nitrogen and oxygen atoms in total. The zero-order valence-electron chi connectivity index (χ0n) is 5.77. The van der Waals surface area contributed by atoms with E-state index >= 15 is 0 Å². The SMILES string of the molecule is SCCC(CS)CC(S)S. The molecule has 0 aromatic rings. The van der Waals surface area contributed by atoms with Gasteiger partial charge in [-0.15, -0.1) is 0 Å². The van der Waals surface area contributed by atoms with Crippen molar-refractivity contribution in [2.24, 2.45) is 5.92 Å². The summed E-state index contributed by atoms with van der Waals surface area (Å²) in [5.41, 5.74) is 0. The van der Waals surface area contributed by atoms with Crippen LogP contribution in [-0.2, 0) is 0 Å². The molecule has 4 heteroatoms. The molecule has 0 fully saturated rings. The average Bonchev–Trinajstić information content (AvgIpc) is 1.86. The summed E-state index contributed by atoms with van der Waals surface area (Å²) in [6.45, 7) is 0. The lowest BCUT2D eigenvalue weighted by Crippen LogP contribution is -2.07. The Morgan fingerprint density at radius 2 is 1.70 bits per heavy atom. The van der Waals surface area contributed by atoms with Gasteiger partial charge in [-0.2, -0.15) is 50.5 Å². The Hall–Kier alpha value is 1.40. The topological polar surface area (TPSA) is 0 Å². The van der Waals surface area contributed by atoms with Crippen LogP contribution in [0.3, 0.4) is 0 Å². The lowest BCUT2D eigenvalue weighted by atomic mass is 10.1. The molecule has 1 unspecified atom stereocenters. The van der Waals surface area contributed by atoms with Gasteiger partial charge in [-0.05, 0) is 30.3 Å². The van der Waals surface area contributed by atoms with Crippen molar-refractivity contribution in [2.75, 3.05) is 11.5 Å². The Balaban J connectivity index is 3.39. The summed E-state index contributed by atoms with van der Waals surface area (Å²) in [5, 5.41) is 0. The van der Waals surface area contributed by atoms with Crippen LogP contribution < -0.4 is 0 Å². The molecular weight excluding hydrogens is 200 g/mol. The van der Waals surface area contributed by atoms with Gasteiger partial charge in [0.05, 0.1) is 0 Å². The number of thiol groups is 4. The number of hydrogen-bond acceptors (Lipinski definition) is 4. The van der Waals surface area contributed by atoms with Crippen LogP contribution >= 0.6 is 50.5 Å². The van der Waals surface area contributed by atoms with Crippen molar-refractivity contribution in [3.8, 4) is 0 Å². The first-order valence-electron chi connectivity index (χ1n) is 3.28. The molecule has 0 radical (unpaired) electrons. The van der Waals surface area contributed by atoms with Crippen LogP contribution in [0.15, 0.2) is 0 Å². The van der Waals surface area contributed by atoms with Crippen molar-refractivity contribution in [1.29, 1.82) is 0 Å². The Morgan fingerprint density at radius 3 is 2.00 bits per heavy atom. The maximum absolute atomic E-state index is 4.22. The molecular formula is C6H14S4. The molecule has 0 aliphatic heterocycles. The highest BCUT2D eigenvalue weighted by Gasteiger charge is 2.08. The third-order valence-corrected chi connectivity index (χ3v) is 2.54. The molecule has 0 saturated carbocycles. The molecule has 10 heavy (non-hydrogen) atoms. The van der Waals surface area contributed by atoms with Crippen molar-refractivity contribution in [3.63, 3.8) is 0 Å². The molecule has 1 atom stereocenters. The summed E-state index contributed by atoms with van der Waals surface area (Å²) < 4.78 is 0.192. The quantitative estimate of drug-likeness (QED) is 0.392. The Kier molecular flexibility index (Phi) is 8.06. The van der Waals surface area contributed by atoms with Crippen LogP contribution in [0, 0.1) is 5.92 Å². The van der Waals surface area contributed by atoms with Crippen molar-refractivity contribution in [2.45, 2.75) is 17.4 Å². The lowest BCUT2D eigenvalue weighted by Gasteiger charge is -2.13. The predicted molar refractivity (Wildman–Crippen MR) is 62.2 cm³/mol. The molecule has 0 bridgehead atoms. The summed E-state index contributed by atoms with van der Waals surface area (Å²) in [4.78, 5) is 0. The lowest BCUT2D eigenvalue weighted by molar-refractivity contribution is 0.557. The third kappa shape index (κ3) is 6.13. The monoisotopic (exact) mass is 214 g/mol. The van der Waals surface area contributed by atoms with Crippen LogP contribution in [-0.4, -0.2) is 16.1 Å². The minimum absolute atomic E-state index is 0.192. The Labute approximate surface area is 85.2 Å². The van der Waals surface area contributed by atoms with Gasteiger partial charge in [-0.25, -0.2) is 0 Å². The molecule has 0 aliphatic rings. The molecule has 0 aromatic carbocycles. The van der Waals surface area contributed by atoms with E-state index in [1.54, 1.807) is 0 Å². The highest BCUT2D eigenvalue weighted by Crippen LogP contribution is 2.18. The summed E-state index contributed by atoms with van der Waals surface area (Å²) in [7, 11) is 0. The molecule has 0 spiro atoms. The average molecular weight is 214 g/mol. The highest BCUT2D eigenvalue weighted by molar-refractivity contribution is 7.99. The van der Waals surface area contributed by atoms with E-state index in [9.17, 15) is 0 Å². The predicted octanol–water partition coefficient (Wildman–Crippen LogP) is 2.43. The smallest absolute Gasteiger partial charge is 0.0445 e. The highest BCUT2D eigenvalue weighted by atomic mass is 32.2. The summed E-state index contributed by atoms with van der Waals surface area (Å²) in [6, 6.07) is 0. The summed E-state index contributed by atoms with van der Waals surface area (Å²) >= 11 is 16.8. The summed E-state index contributed by atoms with van der Waals surface area (Å²) in [5.74, 6) is 2.47. The van der Waals surface area contributed by atoms with Crippen molar-refractivity contribution in [3.05, 3.63) is 0 Å². The second-order valence-electron chi connectivity index (χ2n) is 2.28. The van der Waals surface area contributed by atoms with Crippen LogP contribution in [0.25, 0.3) is 0 Å². The molecule has 0 N–H and O–H groups in total. The third-order valence-electron chi connectivity index (χ3n) is 1.34. The van der Waals surface area contributed by atoms with Crippen LogP contribution in [0.1, 0.15) is 12.8 Å². The van der Waals surface area contributed by atoms with Crippen molar-refractivity contribution < 1.29 is 0 Å². The fourth-order valence-corrected chi connectivity index (χ4v) is 2.06. The van der Waals surface area contributed by atoms with Gasteiger partial charge in [0.1, 0.15) is 0 Å². The van der Waals surface area contributed by atoms with Crippen LogP contribution in [0.5, 0.6) is 0 Å². The van der Waals surface area contributed by atoms with E-state index in [0.717, 1.165) is 24.3 Å². The van der Waals surface area contributed by atoms with Gasteiger partial charge in [0.25, 0.3) is 0 Å². The Bertz CT molecular complexity index is 74.1. The van der Waals surface area contributed by atoms with Gasteiger partial charge in [0.2, 0.25) is 0 Å². The molecule has 62 valence electrons. The van der Waals surface area contributed by atoms with Gasteiger partial charge in [0.15, 0.2) is 0 Å². The van der Waals surface area contributed by atoms with E-state index in [2.05, 4.69) is 50.5 Å². The van der Waals surface area contributed by atoms with Crippen molar-refractivity contribution >= 4 is 50.5 Å². The van der Waals surface area contributed by atoms with E-state index in [4.69, 9.17) is 0 Å². The van der Waals surface area contributed by atoms with E-state index in [0.29, 0.717) is 5.92 Å². The first kappa shape index (κ1) is 11.4.